The van der Waals surface area contributed by atoms with Gasteiger partial charge < -0.3 is 14.5 Å². The van der Waals surface area contributed by atoms with Crippen molar-refractivity contribution in [2.75, 3.05) is 37.7 Å². The van der Waals surface area contributed by atoms with Crippen molar-refractivity contribution in [2.45, 2.75) is 38.0 Å². The van der Waals surface area contributed by atoms with Crippen molar-refractivity contribution in [3.05, 3.63) is 59.1 Å². The van der Waals surface area contributed by atoms with Gasteiger partial charge in [0.2, 0.25) is 5.91 Å². The fourth-order valence-electron chi connectivity index (χ4n) is 4.30. The Hall–Kier alpha value is -2.04. The third-order valence-electron chi connectivity index (χ3n) is 5.95. The molecule has 2 aromatic rings. The van der Waals surface area contributed by atoms with Gasteiger partial charge in [-0.1, -0.05) is 30.2 Å². The molecule has 29 heavy (non-hydrogen) atoms. The summed E-state index contributed by atoms with van der Waals surface area (Å²) in [4.78, 5) is 16.9. The minimum absolute atomic E-state index is 0.167. The molecule has 5 heteroatoms. The molecular formula is C24H29ClN2O2. The Morgan fingerprint density at radius 2 is 1.69 bits per heavy atom. The van der Waals surface area contributed by atoms with Gasteiger partial charge in [0.1, 0.15) is 5.75 Å². The monoisotopic (exact) mass is 412 g/mol. The SMILES string of the molecule is O=C1CC(c2ccc(Cl)cc2)CN1c1ccc(OCCCN2CCCCC2)cc1. The average Bonchev–Trinajstić information content (AvgIpc) is 3.14. The zero-order valence-corrected chi connectivity index (χ0v) is 17.6. The van der Waals surface area contributed by atoms with Gasteiger partial charge in [-0.05, 0) is 74.3 Å². The molecule has 1 unspecified atom stereocenters. The summed E-state index contributed by atoms with van der Waals surface area (Å²) in [6.45, 7) is 5.02. The number of anilines is 1. The lowest BCUT2D eigenvalue weighted by Crippen LogP contribution is -2.31. The molecule has 4 nitrogen and oxygen atoms in total. The van der Waals surface area contributed by atoms with Crippen LogP contribution in [0.25, 0.3) is 0 Å². The molecule has 0 saturated carbocycles. The molecule has 2 fully saturated rings. The number of carbonyl (C=O) groups is 1. The molecule has 2 heterocycles. The van der Waals surface area contributed by atoms with E-state index in [1.54, 1.807) is 0 Å². The van der Waals surface area contributed by atoms with Crippen LogP contribution in [0.1, 0.15) is 43.6 Å². The average molecular weight is 413 g/mol. The van der Waals surface area contributed by atoms with Gasteiger partial charge >= 0.3 is 0 Å². The molecule has 0 bridgehead atoms. The first kappa shape index (κ1) is 20.2. The van der Waals surface area contributed by atoms with Gasteiger partial charge in [0.15, 0.2) is 0 Å². The predicted molar refractivity (Wildman–Crippen MR) is 118 cm³/mol. The van der Waals surface area contributed by atoms with Crippen LogP contribution in [0, 0.1) is 0 Å². The molecule has 0 aromatic heterocycles. The van der Waals surface area contributed by atoms with Crippen molar-refractivity contribution in [3.8, 4) is 5.75 Å². The molecule has 0 spiro atoms. The van der Waals surface area contributed by atoms with Crippen LogP contribution >= 0.6 is 11.6 Å². The summed E-state index contributed by atoms with van der Waals surface area (Å²) in [5.74, 6) is 1.25. The second kappa shape index (κ2) is 9.64. The minimum atomic E-state index is 0.167. The lowest BCUT2D eigenvalue weighted by Gasteiger charge is -2.26. The van der Waals surface area contributed by atoms with Crippen LogP contribution in [-0.4, -0.2) is 43.6 Å². The molecule has 2 aromatic carbocycles. The number of carbonyl (C=O) groups excluding carboxylic acids is 1. The van der Waals surface area contributed by atoms with Crippen molar-refractivity contribution in [2.24, 2.45) is 0 Å². The highest BCUT2D eigenvalue weighted by atomic mass is 35.5. The minimum Gasteiger partial charge on any atom is -0.494 e. The highest BCUT2D eigenvalue weighted by Gasteiger charge is 2.31. The maximum absolute atomic E-state index is 12.5. The quantitative estimate of drug-likeness (QED) is 0.592. The number of piperidine rings is 1. The number of halogens is 1. The number of hydrogen-bond acceptors (Lipinski definition) is 3. The van der Waals surface area contributed by atoms with Crippen molar-refractivity contribution in [1.82, 2.24) is 4.90 Å². The van der Waals surface area contributed by atoms with E-state index in [2.05, 4.69) is 4.90 Å². The normalized spacial score (nSPS) is 20.2. The highest BCUT2D eigenvalue weighted by Crippen LogP contribution is 2.33. The number of likely N-dealkylation sites (tertiary alicyclic amines) is 1. The summed E-state index contributed by atoms with van der Waals surface area (Å²) in [5.41, 5.74) is 2.10. The predicted octanol–water partition coefficient (Wildman–Crippen LogP) is 5.12. The van der Waals surface area contributed by atoms with Crippen LogP contribution in [-0.2, 0) is 4.79 Å². The highest BCUT2D eigenvalue weighted by molar-refractivity contribution is 6.30. The number of ether oxygens (including phenoxy) is 1. The second-order valence-electron chi connectivity index (χ2n) is 8.06. The third-order valence-corrected chi connectivity index (χ3v) is 6.20. The molecule has 0 N–H and O–H groups in total. The molecule has 1 atom stereocenters. The number of amides is 1. The molecule has 2 saturated heterocycles. The number of nitrogens with zero attached hydrogens (tertiary/aromatic N) is 2. The van der Waals surface area contributed by atoms with E-state index in [1.165, 1.54) is 37.9 Å². The van der Waals surface area contributed by atoms with Crippen LogP contribution in [0.15, 0.2) is 48.5 Å². The summed E-state index contributed by atoms with van der Waals surface area (Å²) in [6.07, 6.45) is 5.62. The first-order valence-corrected chi connectivity index (χ1v) is 11.1. The molecule has 0 aliphatic carbocycles. The fraction of sp³-hybridized carbons (Fsp3) is 0.458. The molecule has 154 valence electrons. The van der Waals surface area contributed by atoms with E-state index < -0.39 is 0 Å². The van der Waals surface area contributed by atoms with Gasteiger partial charge in [0.05, 0.1) is 6.61 Å². The summed E-state index contributed by atoms with van der Waals surface area (Å²) in [5, 5.41) is 0.724. The molecule has 1 amide bonds. The Morgan fingerprint density at radius 1 is 0.966 bits per heavy atom. The summed E-state index contributed by atoms with van der Waals surface area (Å²) in [6, 6.07) is 15.7. The van der Waals surface area contributed by atoms with Crippen molar-refractivity contribution >= 4 is 23.2 Å². The van der Waals surface area contributed by atoms with Gasteiger partial charge in [-0.25, -0.2) is 0 Å². The lowest BCUT2D eigenvalue weighted by atomic mass is 9.98. The van der Waals surface area contributed by atoms with E-state index in [-0.39, 0.29) is 11.8 Å². The standard InChI is InChI=1S/C24H29ClN2O2/c25-21-7-5-19(6-8-21)20-17-24(28)27(18-20)22-9-11-23(12-10-22)29-16-4-15-26-13-2-1-3-14-26/h5-12,20H,1-4,13-18H2. The summed E-state index contributed by atoms with van der Waals surface area (Å²) < 4.78 is 5.90. The van der Waals surface area contributed by atoms with Crippen LogP contribution in [0.4, 0.5) is 5.69 Å². The summed E-state index contributed by atoms with van der Waals surface area (Å²) in [7, 11) is 0. The molecule has 4 rings (SSSR count). The topological polar surface area (TPSA) is 32.8 Å². The first-order valence-electron chi connectivity index (χ1n) is 10.7. The van der Waals surface area contributed by atoms with Crippen molar-refractivity contribution in [3.63, 3.8) is 0 Å². The summed E-state index contributed by atoms with van der Waals surface area (Å²) >= 11 is 5.98. The number of benzene rings is 2. The van der Waals surface area contributed by atoms with Crippen molar-refractivity contribution in [1.29, 1.82) is 0 Å². The lowest BCUT2D eigenvalue weighted by molar-refractivity contribution is -0.117. The Morgan fingerprint density at radius 3 is 2.41 bits per heavy atom. The Bertz CT molecular complexity index is 801. The van der Waals surface area contributed by atoms with E-state index in [1.807, 2.05) is 53.4 Å². The zero-order valence-electron chi connectivity index (χ0n) is 16.9. The maximum Gasteiger partial charge on any atom is 0.227 e. The van der Waals surface area contributed by atoms with E-state index >= 15 is 0 Å². The van der Waals surface area contributed by atoms with Gasteiger partial charge in [0.25, 0.3) is 0 Å². The number of rotatable bonds is 7. The van der Waals surface area contributed by atoms with Gasteiger partial charge in [-0.2, -0.15) is 0 Å². The maximum atomic E-state index is 12.5. The van der Waals surface area contributed by atoms with Crippen molar-refractivity contribution < 1.29 is 9.53 Å². The van der Waals surface area contributed by atoms with Crippen LogP contribution in [0.2, 0.25) is 5.02 Å². The van der Waals surface area contributed by atoms with Gasteiger partial charge in [0, 0.05) is 36.1 Å². The fourth-order valence-corrected chi connectivity index (χ4v) is 4.42. The zero-order chi connectivity index (χ0) is 20.1. The van der Waals surface area contributed by atoms with E-state index in [0.29, 0.717) is 13.0 Å². The van der Waals surface area contributed by atoms with E-state index in [4.69, 9.17) is 16.3 Å². The van der Waals surface area contributed by atoms with Crippen LogP contribution in [0.3, 0.4) is 0 Å². The second-order valence-corrected chi connectivity index (χ2v) is 8.49. The molecule has 2 aliphatic heterocycles. The van der Waals surface area contributed by atoms with Crippen LogP contribution < -0.4 is 9.64 Å². The van der Waals surface area contributed by atoms with E-state index in [9.17, 15) is 4.79 Å². The first-order chi connectivity index (χ1) is 14.2. The molecular weight excluding hydrogens is 384 g/mol. The smallest absolute Gasteiger partial charge is 0.227 e. The Kier molecular flexibility index (Phi) is 6.73. The molecule has 2 aliphatic rings. The largest absolute Gasteiger partial charge is 0.494 e. The van der Waals surface area contributed by atoms with E-state index in [0.717, 1.165) is 36.0 Å². The third kappa shape index (κ3) is 5.31. The Labute approximate surface area is 178 Å². The van der Waals surface area contributed by atoms with Crippen LogP contribution in [0.5, 0.6) is 5.75 Å². The Balaban J connectivity index is 1.27. The van der Waals surface area contributed by atoms with Gasteiger partial charge in [-0.15, -0.1) is 0 Å². The molecule has 0 radical (unpaired) electrons. The number of hydrogen-bond donors (Lipinski definition) is 0. The van der Waals surface area contributed by atoms with Gasteiger partial charge in [-0.3, -0.25) is 4.79 Å².